The third-order valence-corrected chi connectivity index (χ3v) is 1.99. The maximum absolute atomic E-state index is 10.4. The van der Waals surface area contributed by atoms with Crippen LogP contribution in [0.5, 0.6) is 0 Å². The first-order chi connectivity index (χ1) is 5.31. The van der Waals surface area contributed by atoms with Crippen LogP contribution < -0.4 is 5.32 Å². The molecule has 0 saturated heterocycles. The van der Waals surface area contributed by atoms with E-state index in [2.05, 4.69) is 5.32 Å². The summed E-state index contributed by atoms with van der Waals surface area (Å²) in [4.78, 5) is 10.4. The third kappa shape index (κ3) is 7.49. The summed E-state index contributed by atoms with van der Waals surface area (Å²) in [5, 5.41) is 2.47. The normalized spacial score (nSPS) is 13.9. The Morgan fingerprint density at radius 2 is 2.08 bits per heavy atom. The topological polar surface area (TPSA) is 86.3 Å². The van der Waals surface area contributed by atoms with Gasteiger partial charge < -0.3 is 9.87 Å². The van der Waals surface area contributed by atoms with Crippen molar-refractivity contribution in [1.29, 1.82) is 0 Å². The van der Waals surface area contributed by atoms with Gasteiger partial charge in [0.1, 0.15) is 0 Å². The van der Waals surface area contributed by atoms with Gasteiger partial charge in [-0.3, -0.25) is 4.79 Å². The van der Waals surface area contributed by atoms with Crippen LogP contribution in [0.1, 0.15) is 20.3 Å². The van der Waals surface area contributed by atoms with Crippen LogP contribution in [0.4, 0.5) is 0 Å². The second-order valence-corrected chi connectivity index (χ2v) is 4.18. The lowest BCUT2D eigenvalue weighted by Crippen LogP contribution is -2.31. The number of amides is 1. The number of carbonyl (C=O) groups is 1. The molecule has 0 aromatic heterocycles. The molecule has 0 aliphatic carbocycles. The van der Waals surface area contributed by atoms with Crippen molar-refractivity contribution in [2.75, 3.05) is 5.75 Å². The predicted molar refractivity (Wildman–Crippen MR) is 42.5 cm³/mol. The number of hydrogen-bond donors (Lipinski definition) is 1. The van der Waals surface area contributed by atoms with Gasteiger partial charge in [0.05, 0.1) is 10.1 Å². The number of carbonyl (C=O) groups excluding carboxylic acids is 1. The van der Waals surface area contributed by atoms with Crippen LogP contribution in [-0.2, 0) is 14.9 Å². The molecule has 0 aromatic carbocycles. The van der Waals surface area contributed by atoms with Crippen molar-refractivity contribution in [3.05, 3.63) is 0 Å². The van der Waals surface area contributed by atoms with Crippen LogP contribution in [0.25, 0.3) is 0 Å². The maximum atomic E-state index is 10.4. The van der Waals surface area contributed by atoms with Gasteiger partial charge in [-0.1, -0.05) is 0 Å². The molecule has 72 valence electrons. The van der Waals surface area contributed by atoms with Crippen LogP contribution in [0, 0.1) is 0 Å². The van der Waals surface area contributed by atoms with E-state index in [1.807, 2.05) is 0 Å². The molecule has 0 aliphatic rings. The molecule has 0 aromatic rings. The summed E-state index contributed by atoms with van der Waals surface area (Å²) in [5.41, 5.74) is 0. The summed E-state index contributed by atoms with van der Waals surface area (Å²) in [6.45, 7) is 2.98. The first-order valence-corrected chi connectivity index (χ1v) is 5.09. The van der Waals surface area contributed by atoms with E-state index in [1.165, 1.54) is 6.92 Å². The molecular formula is C6H12NO4S-. The zero-order chi connectivity index (χ0) is 9.78. The van der Waals surface area contributed by atoms with Gasteiger partial charge in [0.15, 0.2) is 0 Å². The molecule has 0 rings (SSSR count). The maximum Gasteiger partial charge on any atom is 0.217 e. The van der Waals surface area contributed by atoms with Gasteiger partial charge in [-0.2, -0.15) is 0 Å². The Balaban J connectivity index is 3.72. The van der Waals surface area contributed by atoms with Gasteiger partial charge >= 0.3 is 0 Å². The summed E-state index contributed by atoms with van der Waals surface area (Å²) in [5.74, 6) is -0.667. The second kappa shape index (κ2) is 4.42. The van der Waals surface area contributed by atoms with E-state index in [1.54, 1.807) is 6.92 Å². The first kappa shape index (κ1) is 11.4. The van der Waals surface area contributed by atoms with Crippen LogP contribution in [0.3, 0.4) is 0 Å². The minimum atomic E-state index is -4.16. The van der Waals surface area contributed by atoms with Gasteiger partial charge in [0.25, 0.3) is 0 Å². The van der Waals surface area contributed by atoms with Crippen LogP contribution in [0.2, 0.25) is 0 Å². The smallest absolute Gasteiger partial charge is 0.217 e. The lowest BCUT2D eigenvalue weighted by Gasteiger charge is -2.13. The quantitative estimate of drug-likeness (QED) is 0.608. The highest BCUT2D eigenvalue weighted by atomic mass is 32.2. The molecule has 12 heavy (non-hydrogen) atoms. The Labute approximate surface area is 71.9 Å². The van der Waals surface area contributed by atoms with E-state index in [9.17, 15) is 17.8 Å². The molecule has 0 bridgehead atoms. The highest BCUT2D eigenvalue weighted by Gasteiger charge is 2.04. The fourth-order valence-corrected chi connectivity index (χ4v) is 1.38. The lowest BCUT2D eigenvalue weighted by molar-refractivity contribution is -0.119. The van der Waals surface area contributed by atoms with Crippen molar-refractivity contribution in [2.45, 2.75) is 26.3 Å². The summed E-state index contributed by atoms with van der Waals surface area (Å²) < 4.78 is 30.5. The van der Waals surface area contributed by atoms with Gasteiger partial charge in [0.2, 0.25) is 5.91 Å². The average Bonchev–Trinajstić information content (AvgIpc) is 1.80. The van der Waals surface area contributed by atoms with E-state index in [0.29, 0.717) is 0 Å². The molecular weight excluding hydrogens is 182 g/mol. The van der Waals surface area contributed by atoms with Crippen molar-refractivity contribution >= 4 is 16.0 Å². The molecule has 1 atom stereocenters. The van der Waals surface area contributed by atoms with Crippen molar-refractivity contribution in [1.82, 2.24) is 5.32 Å². The zero-order valence-corrected chi connectivity index (χ0v) is 7.85. The Kier molecular flexibility index (Phi) is 4.19. The molecule has 0 fully saturated rings. The Hall–Kier alpha value is -0.620. The minimum Gasteiger partial charge on any atom is -0.748 e. The van der Waals surface area contributed by atoms with Gasteiger partial charge in [-0.05, 0) is 13.3 Å². The van der Waals surface area contributed by atoms with Crippen LogP contribution in [0.15, 0.2) is 0 Å². The van der Waals surface area contributed by atoms with Crippen LogP contribution in [-0.4, -0.2) is 30.7 Å². The Bertz CT molecular complexity index is 246. The van der Waals surface area contributed by atoms with Crippen molar-refractivity contribution in [2.24, 2.45) is 0 Å². The third-order valence-electron chi connectivity index (χ3n) is 1.25. The van der Waals surface area contributed by atoms with Crippen molar-refractivity contribution < 1.29 is 17.8 Å². The van der Waals surface area contributed by atoms with E-state index in [-0.39, 0.29) is 18.4 Å². The molecule has 0 spiro atoms. The van der Waals surface area contributed by atoms with Gasteiger partial charge in [0, 0.05) is 18.7 Å². The number of nitrogens with one attached hydrogen (secondary N) is 1. The molecule has 0 heterocycles. The lowest BCUT2D eigenvalue weighted by atomic mass is 10.2. The Morgan fingerprint density at radius 3 is 2.42 bits per heavy atom. The monoisotopic (exact) mass is 194 g/mol. The predicted octanol–water partition coefficient (Wildman–Crippen LogP) is -0.554. The standard InChI is InChI=1S/C6H13NO4S/c1-5(7-6(2)8)3-4-12(9,10)11/h5H,3-4H2,1-2H3,(H,7,8)(H,9,10,11)/p-1. The van der Waals surface area contributed by atoms with Crippen LogP contribution >= 0.6 is 0 Å². The highest BCUT2D eigenvalue weighted by molar-refractivity contribution is 7.85. The van der Waals surface area contributed by atoms with E-state index >= 15 is 0 Å². The molecule has 6 heteroatoms. The molecule has 5 nitrogen and oxygen atoms in total. The fraction of sp³-hybridized carbons (Fsp3) is 0.833. The second-order valence-electron chi connectivity index (χ2n) is 2.65. The highest BCUT2D eigenvalue weighted by Crippen LogP contribution is 1.94. The van der Waals surface area contributed by atoms with Gasteiger partial charge in [-0.25, -0.2) is 8.42 Å². The molecule has 1 unspecified atom stereocenters. The molecule has 0 aliphatic heterocycles. The summed E-state index contributed by atoms with van der Waals surface area (Å²) in [6, 6.07) is -0.272. The van der Waals surface area contributed by atoms with Crippen molar-refractivity contribution in [3.8, 4) is 0 Å². The van der Waals surface area contributed by atoms with E-state index < -0.39 is 15.9 Å². The largest absolute Gasteiger partial charge is 0.748 e. The number of rotatable bonds is 4. The summed E-state index contributed by atoms with van der Waals surface area (Å²) in [7, 11) is -4.16. The SMILES string of the molecule is CC(=O)NC(C)CCS(=O)(=O)[O-]. The number of hydrogen-bond acceptors (Lipinski definition) is 4. The van der Waals surface area contributed by atoms with Crippen molar-refractivity contribution in [3.63, 3.8) is 0 Å². The molecule has 0 radical (unpaired) electrons. The molecule has 0 saturated carbocycles. The molecule has 1 N–H and O–H groups in total. The Morgan fingerprint density at radius 1 is 1.58 bits per heavy atom. The van der Waals surface area contributed by atoms with Gasteiger partial charge in [-0.15, -0.1) is 0 Å². The fourth-order valence-electron chi connectivity index (χ4n) is 0.740. The molecule has 1 amide bonds. The summed E-state index contributed by atoms with van der Waals surface area (Å²) in [6.07, 6.45) is 0.158. The first-order valence-electron chi connectivity index (χ1n) is 3.52. The average molecular weight is 194 g/mol. The van der Waals surface area contributed by atoms with E-state index in [4.69, 9.17) is 0 Å². The minimum absolute atomic E-state index is 0.158. The zero-order valence-electron chi connectivity index (χ0n) is 7.03. The van der Waals surface area contributed by atoms with E-state index in [0.717, 1.165) is 0 Å². The summed E-state index contributed by atoms with van der Waals surface area (Å²) >= 11 is 0.